The van der Waals surface area contributed by atoms with Crippen molar-refractivity contribution in [3.8, 4) is 0 Å². The Kier molecular flexibility index (Phi) is 7.04. The second kappa shape index (κ2) is 10.3. The van der Waals surface area contributed by atoms with Crippen LogP contribution >= 0.6 is 0 Å². The normalized spacial score (nSPS) is 13.4. The summed E-state index contributed by atoms with van der Waals surface area (Å²) in [5.74, 6) is 2.01. The molecule has 4 rings (SSSR count). The van der Waals surface area contributed by atoms with E-state index < -0.39 is 0 Å². The van der Waals surface area contributed by atoms with Crippen LogP contribution in [-0.4, -0.2) is 48.1 Å². The summed E-state index contributed by atoms with van der Waals surface area (Å²) in [6.45, 7) is 5.28. The zero-order valence-electron chi connectivity index (χ0n) is 19.0. The molecule has 1 amide bonds. The first-order valence-corrected chi connectivity index (χ1v) is 11.4. The lowest BCUT2D eigenvalue weighted by atomic mass is 10.2. The van der Waals surface area contributed by atoms with Gasteiger partial charge in [0, 0.05) is 45.3 Å². The van der Waals surface area contributed by atoms with E-state index in [2.05, 4.69) is 56.4 Å². The maximum absolute atomic E-state index is 12.6. The van der Waals surface area contributed by atoms with E-state index in [0.717, 1.165) is 61.9 Å². The number of aliphatic imine (C=N–C) groups is 1. The monoisotopic (exact) mass is 432 g/mol. The molecule has 0 bridgehead atoms. The summed E-state index contributed by atoms with van der Waals surface area (Å²) in [6, 6.07) is 16.4. The number of nitrogens with one attached hydrogen (secondary N) is 2. The lowest BCUT2D eigenvalue weighted by molar-refractivity contribution is -0.118. The van der Waals surface area contributed by atoms with Gasteiger partial charge in [0.2, 0.25) is 5.91 Å². The zero-order chi connectivity index (χ0) is 22.3. The van der Waals surface area contributed by atoms with Crippen LogP contribution in [0.1, 0.15) is 30.7 Å². The largest absolute Gasteiger partial charge is 0.356 e. The number of para-hydroxylation sites is 3. The van der Waals surface area contributed by atoms with Crippen molar-refractivity contribution >= 4 is 28.6 Å². The highest BCUT2D eigenvalue weighted by molar-refractivity contribution is 5.95. The summed E-state index contributed by atoms with van der Waals surface area (Å²) < 4.78 is 2.26. The summed E-state index contributed by atoms with van der Waals surface area (Å²) in [6.07, 6.45) is 3.23. The Morgan fingerprint density at radius 1 is 1.06 bits per heavy atom. The minimum absolute atomic E-state index is 0.197. The molecule has 0 spiro atoms. The highest BCUT2D eigenvalue weighted by atomic mass is 16.2. The zero-order valence-corrected chi connectivity index (χ0v) is 19.0. The van der Waals surface area contributed by atoms with Crippen molar-refractivity contribution in [2.45, 2.75) is 39.2 Å². The summed E-state index contributed by atoms with van der Waals surface area (Å²) in [4.78, 5) is 23.4. The number of imidazole rings is 1. The van der Waals surface area contributed by atoms with Crippen LogP contribution in [0.5, 0.6) is 0 Å². The fourth-order valence-corrected chi connectivity index (χ4v) is 4.32. The number of benzene rings is 2. The maximum atomic E-state index is 12.6. The molecule has 2 heterocycles. The van der Waals surface area contributed by atoms with E-state index in [9.17, 15) is 4.79 Å². The molecule has 0 saturated carbocycles. The maximum Gasteiger partial charge on any atom is 0.227 e. The van der Waals surface area contributed by atoms with Gasteiger partial charge in [0.1, 0.15) is 5.82 Å². The van der Waals surface area contributed by atoms with Crippen molar-refractivity contribution in [3.05, 3.63) is 59.9 Å². The standard InChI is InChI=1S/C25H32N6O/c1-19-29-21-10-4-6-12-23(21)30(19)17-8-16-28-25(26-2)27-15-7-13-24(32)31-18-14-20-9-3-5-11-22(20)31/h3-6,9-12H,7-8,13-18H2,1-2H3,(H2,26,27,28). The molecular weight excluding hydrogens is 400 g/mol. The summed E-state index contributed by atoms with van der Waals surface area (Å²) in [5.41, 5.74) is 4.56. The number of rotatable bonds is 8. The molecule has 0 aliphatic carbocycles. The van der Waals surface area contributed by atoms with E-state index in [1.807, 2.05) is 29.2 Å². The third kappa shape index (κ3) is 4.93. The van der Waals surface area contributed by atoms with Gasteiger partial charge >= 0.3 is 0 Å². The number of aromatic nitrogens is 2. The number of fused-ring (bicyclic) bond motifs is 2. The SMILES string of the molecule is CN=C(NCCCC(=O)N1CCc2ccccc21)NCCCn1c(C)nc2ccccc21. The fourth-order valence-electron chi connectivity index (χ4n) is 4.32. The number of carbonyl (C=O) groups excluding carboxylic acids is 1. The van der Waals surface area contributed by atoms with Crippen LogP contribution < -0.4 is 15.5 Å². The lowest BCUT2D eigenvalue weighted by Crippen LogP contribution is -2.39. The molecule has 0 unspecified atom stereocenters. The van der Waals surface area contributed by atoms with Crippen LogP contribution in [0, 0.1) is 6.92 Å². The Labute approximate surface area is 189 Å². The van der Waals surface area contributed by atoms with Gasteiger partial charge in [-0.05, 0) is 49.9 Å². The summed E-state index contributed by atoms with van der Waals surface area (Å²) in [7, 11) is 1.77. The Morgan fingerprint density at radius 2 is 1.81 bits per heavy atom. The molecule has 7 nitrogen and oxygen atoms in total. The molecule has 3 aromatic rings. The average Bonchev–Trinajstić information content (AvgIpc) is 3.38. The highest BCUT2D eigenvalue weighted by Crippen LogP contribution is 2.28. The van der Waals surface area contributed by atoms with Gasteiger partial charge in [-0.1, -0.05) is 30.3 Å². The molecule has 168 valence electrons. The Bertz CT molecular complexity index is 1100. The van der Waals surface area contributed by atoms with Gasteiger partial charge in [-0.2, -0.15) is 0 Å². The van der Waals surface area contributed by atoms with E-state index >= 15 is 0 Å². The van der Waals surface area contributed by atoms with Gasteiger partial charge in [0.05, 0.1) is 11.0 Å². The van der Waals surface area contributed by atoms with Crippen molar-refractivity contribution in [2.24, 2.45) is 4.99 Å². The van der Waals surface area contributed by atoms with Crippen molar-refractivity contribution < 1.29 is 4.79 Å². The van der Waals surface area contributed by atoms with Crippen LogP contribution in [0.25, 0.3) is 11.0 Å². The number of anilines is 1. The van der Waals surface area contributed by atoms with Crippen LogP contribution in [0.4, 0.5) is 5.69 Å². The molecule has 0 atom stereocenters. The number of hydrogen-bond acceptors (Lipinski definition) is 3. The number of aryl methyl sites for hydroxylation is 2. The van der Waals surface area contributed by atoms with Crippen molar-refractivity contribution in [3.63, 3.8) is 0 Å². The minimum atomic E-state index is 0.197. The Balaban J connectivity index is 1.16. The predicted molar refractivity (Wildman–Crippen MR) is 130 cm³/mol. The van der Waals surface area contributed by atoms with Crippen LogP contribution in [0.3, 0.4) is 0 Å². The van der Waals surface area contributed by atoms with E-state index in [4.69, 9.17) is 0 Å². The summed E-state index contributed by atoms with van der Waals surface area (Å²) in [5, 5.41) is 6.68. The number of guanidine groups is 1. The smallest absolute Gasteiger partial charge is 0.227 e. The predicted octanol–water partition coefficient (Wildman–Crippen LogP) is 3.27. The van der Waals surface area contributed by atoms with Crippen LogP contribution in [0.15, 0.2) is 53.5 Å². The molecular formula is C25H32N6O. The molecule has 0 radical (unpaired) electrons. The number of nitrogens with zero attached hydrogens (tertiary/aromatic N) is 4. The molecule has 7 heteroatoms. The average molecular weight is 433 g/mol. The van der Waals surface area contributed by atoms with Crippen LogP contribution in [-0.2, 0) is 17.8 Å². The van der Waals surface area contributed by atoms with Crippen molar-refractivity contribution in [1.82, 2.24) is 20.2 Å². The van der Waals surface area contributed by atoms with Gasteiger partial charge < -0.3 is 20.1 Å². The lowest BCUT2D eigenvalue weighted by Gasteiger charge is -2.17. The minimum Gasteiger partial charge on any atom is -0.356 e. The Hall–Kier alpha value is -3.35. The van der Waals surface area contributed by atoms with Gasteiger partial charge in [0.25, 0.3) is 0 Å². The number of hydrogen-bond donors (Lipinski definition) is 2. The van der Waals surface area contributed by atoms with E-state index in [1.165, 1.54) is 11.1 Å². The number of amides is 1. The van der Waals surface area contributed by atoms with E-state index in [-0.39, 0.29) is 5.91 Å². The molecule has 2 aromatic carbocycles. The molecule has 2 N–H and O–H groups in total. The highest BCUT2D eigenvalue weighted by Gasteiger charge is 2.23. The quantitative estimate of drug-likeness (QED) is 0.325. The van der Waals surface area contributed by atoms with Gasteiger partial charge in [-0.25, -0.2) is 4.98 Å². The second-order valence-corrected chi connectivity index (χ2v) is 8.11. The van der Waals surface area contributed by atoms with E-state index in [1.54, 1.807) is 7.05 Å². The van der Waals surface area contributed by atoms with Gasteiger partial charge in [-0.3, -0.25) is 9.79 Å². The molecule has 32 heavy (non-hydrogen) atoms. The molecule has 1 aliphatic heterocycles. The second-order valence-electron chi connectivity index (χ2n) is 8.11. The third-order valence-electron chi connectivity index (χ3n) is 5.97. The van der Waals surface area contributed by atoms with E-state index in [0.29, 0.717) is 13.0 Å². The number of carbonyl (C=O) groups is 1. The summed E-state index contributed by atoms with van der Waals surface area (Å²) >= 11 is 0. The molecule has 1 aromatic heterocycles. The van der Waals surface area contributed by atoms with Gasteiger partial charge in [0.15, 0.2) is 5.96 Å². The Morgan fingerprint density at radius 3 is 2.66 bits per heavy atom. The topological polar surface area (TPSA) is 74.6 Å². The molecule has 1 aliphatic rings. The molecule has 0 fully saturated rings. The first-order chi connectivity index (χ1) is 15.7. The first-order valence-electron chi connectivity index (χ1n) is 11.4. The van der Waals surface area contributed by atoms with Gasteiger partial charge in [-0.15, -0.1) is 0 Å². The third-order valence-corrected chi connectivity index (χ3v) is 5.97. The van der Waals surface area contributed by atoms with Crippen molar-refractivity contribution in [2.75, 3.05) is 31.6 Å². The first kappa shape index (κ1) is 21.9. The van der Waals surface area contributed by atoms with Crippen LogP contribution in [0.2, 0.25) is 0 Å². The van der Waals surface area contributed by atoms with Crippen molar-refractivity contribution in [1.29, 1.82) is 0 Å². The fraction of sp³-hybridized carbons (Fsp3) is 0.400. The molecule has 0 saturated heterocycles.